The van der Waals surface area contributed by atoms with Gasteiger partial charge in [-0.25, -0.2) is 0 Å². The molecule has 0 radical (unpaired) electrons. The molecule has 2 saturated heterocycles. The summed E-state index contributed by atoms with van der Waals surface area (Å²) in [7, 11) is 1.64. The molecule has 2 N–H and O–H groups in total. The third kappa shape index (κ3) is 3.55. The predicted octanol–water partition coefficient (Wildman–Crippen LogP) is 1.51. The molecular weight excluding hydrogens is 324 g/mol. The van der Waals surface area contributed by atoms with Crippen LogP contribution in [0.2, 0.25) is 0 Å². The molecule has 0 unspecified atom stereocenters. The van der Waals surface area contributed by atoms with Gasteiger partial charge in [-0.15, -0.1) is 0 Å². The molecule has 2 aliphatic heterocycles. The second-order valence-electron chi connectivity index (χ2n) is 7.21. The van der Waals surface area contributed by atoms with Crippen LogP contribution in [0.25, 0.3) is 0 Å². The zero-order chi connectivity index (χ0) is 18.2. The highest BCUT2D eigenvalue weighted by Crippen LogP contribution is 2.44. The van der Waals surface area contributed by atoms with Crippen molar-refractivity contribution in [3.63, 3.8) is 0 Å². The summed E-state index contributed by atoms with van der Waals surface area (Å²) in [6, 6.07) is 7.72. The summed E-state index contributed by atoms with van der Waals surface area (Å²) in [5, 5.41) is 20.0. The minimum Gasteiger partial charge on any atom is -0.497 e. The Labute approximate surface area is 148 Å². The number of methoxy groups -OCH3 is 1. The number of hydrogen-bond acceptors (Lipinski definition) is 6. The molecule has 2 aliphatic rings. The minimum atomic E-state index is -0.827. The van der Waals surface area contributed by atoms with Crippen molar-refractivity contribution in [2.75, 3.05) is 13.7 Å². The Balaban J connectivity index is 1.63. The number of ether oxygens (including phenoxy) is 4. The second kappa shape index (κ2) is 7.21. The number of hydrogen-bond donors (Lipinski definition) is 2. The fraction of sp³-hybridized carbons (Fsp3) is 0.684. The van der Waals surface area contributed by atoms with Gasteiger partial charge in [0.2, 0.25) is 0 Å². The summed E-state index contributed by atoms with van der Waals surface area (Å²) in [5.74, 6) is 0.691. The third-order valence-corrected chi connectivity index (χ3v) is 5.43. The Morgan fingerprint density at radius 2 is 1.88 bits per heavy atom. The van der Waals surface area contributed by atoms with Crippen LogP contribution in [0.15, 0.2) is 24.3 Å². The first-order valence-electron chi connectivity index (χ1n) is 8.77. The highest BCUT2D eigenvalue weighted by atomic mass is 16.6. The van der Waals surface area contributed by atoms with E-state index < -0.39 is 11.7 Å². The van der Waals surface area contributed by atoms with Crippen LogP contribution >= 0.6 is 0 Å². The van der Waals surface area contributed by atoms with Gasteiger partial charge in [0.1, 0.15) is 23.6 Å². The van der Waals surface area contributed by atoms with Gasteiger partial charge in [0.25, 0.3) is 0 Å². The van der Waals surface area contributed by atoms with E-state index in [-0.39, 0.29) is 36.9 Å². The van der Waals surface area contributed by atoms with Crippen molar-refractivity contribution in [1.82, 2.24) is 0 Å². The number of epoxide rings is 1. The van der Waals surface area contributed by atoms with Crippen LogP contribution in [0.1, 0.15) is 26.3 Å². The maximum atomic E-state index is 10.8. The summed E-state index contributed by atoms with van der Waals surface area (Å²) < 4.78 is 22.8. The van der Waals surface area contributed by atoms with Crippen molar-refractivity contribution in [2.24, 2.45) is 5.92 Å². The number of rotatable bonds is 6. The Morgan fingerprint density at radius 1 is 1.20 bits per heavy atom. The molecule has 6 nitrogen and oxygen atoms in total. The van der Waals surface area contributed by atoms with Crippen LogP contribution in [-0.2, 0) is 20.8 Å². The molecule has 3 rings (SSSR count). The summed E-state index contributed by atoms with van der Waals surface area (Å²) in [5.41, 5.74) is 0.209. The van der Waals surface area contributed by atoms with E-state index in [2.05, 4.69) is 0 Å². The van der Waals surface area contributed by atoms with E-state index in [0.29, 0.717) is 6.61 Å². The molecule has 0 saturated carbocycles. The lowest BCUT2D eigenvalue weighted by molar-refractivity contribution is -0.255. The van der Waals surface area contributed by atoms with E-state index >= 15 is 0 Å². The quantitative estimate of drug-likeness (QED) is 0.756. The lowest BCUT2D eigenvalue weighted by atomic mass is 9.78. The van der Waals surface area contributed by atoms with E-state index in [1.807, 2.05) is 45.0 Å². The maximum Gasteiger partial charge on any atom is 0.121 e. The van der Waals surface area contributed by atoms with Crippen molar-refractivity contribution in [3.05, 3.63) is 29.8 Å². The molecule has 0 aromatic heterocycles. The van der Waals surface area contributed by atoms with Crippen molar-refractivity contribution < 1.29 is 29.2 Å². The monoisotopic (exact) mass is 352 g/mol. The molecule has 2 fully saturated rings. The number of aliphatic hydroxyl groups excluding tert-OH is 2. The topological polar surface area (TPSA) is 80.7 Å². The van der Waals surface area contributed by atoms with Crippen LogP contribution in [0.4, 0.5) is 0 Å². The third-order valence-electron chi connectivity index (χ3n) is 5.43. The van der Waals surface area contributed by atoms with Crippen LogP contribution in [0.5, 0.6) is 5.75 Å². The van der Waals surface area contributed by atoms with Crippen LogP contribution in [0.3, 0.4) is 0 Å². The fourth-order valence-electron chi connectivity index (χ4n) is 3.89. The van der Waals surface area contributed by atoms with Gasteiger partial charge in [-0.2, -0.15) is 0 Å². The highest BCUT2D eigenvalue weighted by molar-refractivity contribution is 5.26. The van der Waals surface area contributed by atoms with Crippen LogP contribution < -0.4 is 4.74 Å². The molecule has 25 heavy (non-hydrogen) atoms. The molecule has 0 aliphatic carbocycles. The molecular formula is C19H28O6. The minimum absolute atomic E-state index is 0.0590. The number of benzene rings is 1. The largest absolute Gasteiger partial charge is 0.497 e. The van der Waals surface area contributed by atoms with E-state index in [9.17, 15) is 10.2 Å². The van der Waals surface area contributed by atoms with E-state index in [1.54, 1.807) is 7.11 Å². The first kappa shape index (κ1) is 18.6. The summed E-state index contributed by atoms with van der Waals surface area (Å²) in [6.07, 6.45) is -1.68. The maximum absolute atomic E-state index is 10.8. The van der Waals surface area contributed by atoms with Gasteiger partial charge in [-0.05, 0) is 31.5 Å². The Bertz CT molecular complexity index is 576. The lowest BCUT2D eigenvalue weighted by Gasteiger charge is -2.48. The van der Waals surface area contributed by atoms with Crippen molar-refractivity contribution in [3.8, 4) is 5.75 Å². The zero-order valence-electron chi connectivity index (χ0n) is 15.2. The van der Waals surface area contributed by atoms with Gasteiger partial charge in [0.15, 0.2) is 0 Å². The first-order valence-corrected chi connectivity index (χ1v) is 8.77. The van der Waals surface area contributed by atoms with Crippen molar-refractivity contribution in [1.29, 1.82) is 0 Å². The van der Waals surface area contributed by atoms with Gasteiger partial charge < -0.3 is 29.2 Å². The highest BCUT2D eigenvalue weighted by Gasteiger charge is 2.61. The summed E-state index contributed by atoms with van der Waals surface area (Å²) in [6.45, 7) is 6.16. The van der Waals surface area contributed by atoms with E-state index in [0.717, 1.165) is 11.3 Å². The van der Waals surface area contributed by atoms with E-state index in [1.165, 1.54) is 0 Å². The average molecular weight is 352 g/mol. The Kier molecular flexibility index (Phi) is 5.37. The van der Waals surface area contributed by atoms with Gasteiger partial charge in [0.05, 0.1) is 38.6 Å². The van der Waals surface area contributed by atoms with Gasteiger partial charge in [-0.1, -0.05) is 19.1 Å². The van der Waals surface area contributed by atoms with Crippen LogP contribution in [-0.4, -0.2) is 60.1 Å². The lowest BCUT2D eigenvalue weighted by Crippen LogP contribution is -2.62. The Hall–Kier alpha value is -1.18. The standard InChI is InChI=1S/C19H28O6/c1-11-16(23-10-13-5-7-14(22-4)8-6-13)12(2)25-19(3,17(11)21)18-15(9-20)24-18/h5-8,11-12,15-18,20-21H,9-10H2,1-4H3/t11-,12+,15+,16-,17+,18+,19+/m1/s1. The number of aliphatic hydroxyl groups is 2. The summed E-state index contributed by atoms with van der Waals surface area (Å²) >= 11 is 0. The average Bonchev–Trinajstić information content (AvgIpc) is 3.41. The molecule has 140 valence electrons. The van der Waals surface area contributed by atoms with Crippen LogP contribution in [0, 0.1) is 5.92 Å². The fourth-order valence-corrected chi connectivity index (χ4v) is 3.89. The molecule has 0 spiro atoms. The van der Waals surface area contributed by atoms with Gasteiger partial charge in [0, 0.05) is 5.92 Å². The van der Waals surface area contributed by atoms with Gasteiger partial charge >= 0.3 is 0 Å². The predicted molar refractivity (Wildman–Crippen MR) is 91.4 cm³/mol. The molecule has 2 heterocycles. The SMILES string of the molecule is COc1ccc(CO[C@@H]2[C@@H](C)[C@H](O)[C@@](C)([C@H]3O[C@H]3CO)O[C@H]2C)cc1. The van der Waals surface area contributed by atoms with E-state index in [4.69, 9.17) is 18.9 Å². The van der Waals surface area contributed by atoms with Crippen molar-refractivity contribution in [2.45, 2.75) is 63.5 Å². The summed E-state index contributed by atoms with van der Waals surface area (Å²) in [4.78, 5) is 0. The Morgan fingerprint density at radius 3 is 2.44 bits per heavy atom. The molecule has 0 bridgehead atoms. The smallest absolute Gasteiger partial charge is 0.121 e. The van der Waals surface area contributed by atoms with Gasteiger partial charge in [-0.3, -0.25) is 0 Å². The molecule has 1 aromatic carbocycles. The molecule has 1 aromatic rings. The first-order chi connectivity index (χ1) is 11.9. The zero-order valence-corrected chi connectivity index (χ0v) is 15.2. The molecule has 7 atom stereocenters. The molecule has 0 amide bonds. The molecule has 6 heteroatoms. The van der Waals surface area contributed by atoms with Crippen molar-refractivity contribution >= 4 is 0 Å². The second-order valence-corrected chi connectivity index (χ2v) is 7.21. The normalized spacial score (nSPS) is 40.7.